The molecule has 1 saturated heterocycles. The molecule has 0 aliphatic carbocycles. The number of hydrogen-bond donors (Lipinski definition) is 2. The van der Waals surface area contributed by atoms with Crippen molar-refractivity contribution in [3.8, 4) is 0 Å². The third-order valence-electron chi connectivity index (χ3n) is 4.16. The number of aromatic nitrogens is 2. The Morgan fingerprint density at radius 3 is 2.95 bits per heavy atom. The summed E-state index contributed by atoms with van der Waals surface area (Å²) in [6.07, 6.45) is 5.68. The minimum atomic E-state index is -0.0362. The number of amides is 1. The van der Waals surface area contributed by atoms with Crippen LogP contribution in [0.25, 0.3) is 5.52 Å². The molecule has 0 bridgehead atoms. The Balaban J connectivity index is 0.00000161. The second-order valence-corrected chi connectivity index (χ2v) is 5.83. The lowest BCUT2D eigenvalue weighted by molar-refractivity contribution is 0.0924. The number of fused-ring (bicyclic) bond motifs is 1. The first-order valence-corrected chi connectivity index (χ1v) is 7.09. The van der Waals surface area contributed by atoms with Gasteiger partial charge in [0.2, 0.25) is 0 Å². The van der Waals surface area contributed by atoms with E-state index in [4.69, 9.17) is 0 Å². The molecule has 3 heterocycles. The van der Waals surface area contributed by atoms with Crippen molar-refractivity contribution < 1.29 is 4.79 Å². The number of piperidine rings is 1. The smallest absolute Gasteiger partial charge is 0.255 e. The van der Waals surface area contributed by atoms with Crippen molar-refractivity contribution in [1.29, 1.82) is 0 Å². The summed E-state index contributed by atoms with van der Waals surface area (Å²) in [5.41, 5.74) is 1.69. The molecule has 114 valence electrons. The van der Waals surface area contributed by atoms with E-state index in [2.05, 4.69) is 22.7 Å². The number of hydrogen-bond acceptors (Lipinski definition) is 3. The van der Waals surface area contributed by atoms with Gasteiger partial charge in [-0.2, -0.15) is 5.10 Å². The number of rotatable bonds is 3. The fourth-order valence-electron chi connectivity index (χ4n) is 2.71. The quantitative estimate of drug-likeness (QED) is 0.910. The molecule has 1 fully saturated rings. The zero-order chi connectivity index (χ0) is 14.0. The van der Waals surface area contributed by atoms with Crippen LogP contribution in [0.4, 0.5) is 0 Å². The van der Waals surface area contributed by atoms with E-state index < -0.39 is 0 Å². The fraction of sp³-hybridized carbons (Fsp3) is 0.467. The molecule has 5 nitrogen and oxygen atoms in total. The van der Waals surface area contributed by atoms with Crippen molar-refractivity contribution in [2.45, 2.75) is 19.8 Å². The van der Waals surface area contributed by atoms with Crippen LogP contribution in [0.5, 0.6) is 0 Å². The highest BCUT2D eigenvalue weighted by atomic mass is 35.5. The first-order valence-electron chi connectivity index (χ1n) is 7.09. The molecule has 0 radical (unpaired) electrons. The highest BCUT2D eigenvalue weighted by Gasteiger charge is 2.27. The maximum absolute atomic E-state index is 12.3. The molecule has 0 unspecified atom stereocenters. The van der Waals surface area contributed by atoms with Crippen molar-refractivity contribution in [2.24, 2.45) is 5.41 Å². The summed E-state index contributed by atoms with van der Waals surface area (Å²) in [7, 11) is 0. The molecule has 0 saturated carbocycles. The van der Waals surface area contributed by atoms with E-state index >= 15 is 0 Å². The summed E-state index contributed by atoms with van der Waals surface area (Å²) in [5, 5.41) is 10.6. The van der Waals surface area contributed by atoms with Crippen LogP contribution in [0.1, 0.15) is 30.1 Å². The van der Waals surface area contributed by atoms with Crippen LogP contribution in [0, 0.1) is 5.41 Å². The Kier molecular flexibility index (Phi) is 4.85. The van der Waals surface area contributed by atoms with E-state index in [0.29, 0.717) is 5.56 Å². The maximum Gasteiger partial charge on any atom is 0.255 e. The second-order valence-electron chi connectivity index (χ2n) is 5.83. The Labute approximate surface area is 130 Å². The van der Waals surface area contributed by atoms with Crippen molar-refractivity contribution >= 4 is 23.8 Å². The van der Waals surface area contributed by atoms with Crippen molar-refractivity contribution in [2.75, 3.05) is 19.6 Å². The van der Waals surface area contributed by atoms with Crippen molar-refractivity contribution in [1.82, 2.24) is 20.2 Å². The second kappa shape index (κ2) is 6.45. The van der Waals surface area contributed by atoms with Gasteiger partial charge in [-0.15, -0.1) is 12.4 Å². The number of carbonyl (C=O) groups excluding carboxylic acids is 1. The van der Waals surface area contributed by atoms with Gasteiger partial charge in [0.25, 0.3) is 5.91 Å². The van der Waals surface area contributed by atoms with E-state index in [-0.39, 0.29) is 23.7 Å². The van der Waals surface area contributed by atoms with Crippen LogP contribution in [-0.4, -0.2) is 35.2 Å². The number of carbonyl (C=O) groups is 1. The van der Waals surface area contributed by atoms with Crippen LogP contribution >= 0.6 is 12.4 Å². The lowest BCUT2D eigenvalue weighted by atomic mass is 9.81. The Hall–Kier alpha value is -1.59. The van der Waals surface area contributed by atoms with Crippen LogP contribution in [0.3, 0.4) is 0 Å². The summed E-state index contributed by atoms with van der Waals surface area (Å²) in [6.45, 7) is 5.02. The molecule has 2 N–H and O–H groups in total. The molecule has 1 amide bonds. The standard InChI is InChI=1S/C15H20N4O.ClH/c1-15(5-7-16-8-6-15)11-17-14(20)12-10-18-19-9-3-2-4-13(12)19;/h2-4,9-10,16H,5-8,11H2,1H3,(H,17,20);1H. The van der Waals surface area contributed by atoms with E-state index in [9.17, 15) is 4.79 Å². The monoisotopic (exact) mass is 308 g/mol. The van der Waals surface area contributed by atoms with Crippen LogP contribution < -0.4 is 10.6 Å². The highest BCUT2D eigenvalue weighted by molar-refractivity contribution is 6.00. The van der Waals surface area contributed by atoms with Gasteiger partial charge in [-0.1, -0.05) is 13.0 Å². The number of halogens is 1. The van der Waals surface area contributed by atoms with Gasteiger partial charge in [0.1, 0.15) is 0 Å². The molecule has 6 heteroatoms. The first kappa shape index (κ1) is 15.8. The van der Waals surface area contributed by atoms with E-state index in [1.165, 1.54) is 0 Å². The summed E-state index contributed by atoms with van der Waals surface area (Å²) in [4.78, 5) is 12.3. The van der Waals surface area contributed by atoms with Gasteiger partial charge in [0.15, 0.2) is 0 Å². The Bertz CT molecular complexity index is 619. The normalized spacial score (nSPS) is 17.2. The molecule has 21 heavy (non-hydrogen) atoms. The molecule has 0 spiro atoms. The minimum Gasteiger partial charge on any atom is -0.351 e. The molecular formula is C15H21ClN4O. The maximum atomic E-state index is 12.3. The number of nitrogens with zero attached hydrogens (tertiary/aromatic N) is 2. The molecular weight excluding hydrogens is 288 g/mol. The average molecular weight is 309 g/mol. The molecule has 2 aromatic rings. The highest BCUT2D eigenvalue weighted by Crippen LogP contribution is 2.26. The topological polar surface area (TPSA) is 58.4 Å². The summed E-state index contributed by atoms with van der Waals surface area (Å²) >= 11 is 0. The predicted octanol–water partition coefficient (Wildman–Crippen LogP) is 1.88. The van der Waals surface area contributed by atoms with Gasteiger partial charge in [-0.25, -0.2) is 4.52 Å². The summed E-state index contributed by atoms with van der Waals surface area (Å²) in [5.74, 6) is -0.0362. The first-order chi connectivity index (χ1) is 9.68. The zero-order valence-electron chi connectivity index (χ0n) is 12.1. The van der Waals surface area contributed by atoms with Gasteiger partial charge in [0, 0.05) is 12.7 Å². The lowest BCUT2D eigenvalue weighted by Gasteiger charge is -2.34. The van der Waals surface area contributed by atoms with E-state index in [1.807, 2.05) is 24.4 Å². The SMILES string of the molecule is CC1(CNC(=O)c2cnn3ccccc23)CCNCC1.Cl. The summed E-state index contributed by atoms with van der Waals surface area (Å²) in [6, 6.07) is 5.73. The van der Waals surface area contributed by atoms with E-state index in [1.54, 1.807) is 10.7 Å². The predicted molar refractivity (Wildman–Crippen MR) is 85.0 cm³/mol. The van der Waals surface area contributed by atoms with Crippen molar-refractivity contribution in [3.63, 3.8) is 0 Å². The summed E-state index contributed by atoms with van der Waals surface area (Å²) < 4.78 is 1.72. The zero-order valence-corrected chi connectivity index (χ0v) is 12.9. The van der Waals surface area contributed by atoms with Gasteiger partial charge in [0.05, 0.1) is 17.3 Å². The minimum absolute atomic E-state index is 0. The number of nitrogens with one attached hydrogen (secondary N) is 2. The fourth-order valence-corrected chi connectivity index (χ4v) is 2.71. The molecule has 2 aromatic heterocycles. The van der Waals surface area contributed by atoms with Gasteiger partial charge in [-0.3, -0.25) is 4.79 Å². The van der Waals surface area contributed by atoms with Crippen LogP contribution in [-0.2, 0) is 0 Å². The Morgan fingerprint density at radius 2 is 2.19 bits per heavy atom. The lowest BCUT2D eigenvalue weighted by Crippen LogP contribution is -2.42. The molecule has 0 aromatic carbocycles. The molecule has 3 rings (SSSR count). The third kappa shape index (κ3) is 3.36. The molecule has 1 aliphatic rings. The van der Waals surface area contributed by atoms with Gasteiger partial charge in [-0.05, 0) is 43.5 Å². The Morgan fingerprint density at radius 1 is 1.43 bits per heavy atom. The third-order valence-corrected chi connectivity index (χ3v) is 4.16. The van der Waals surface area contributed by atoms with Crippen LogP contribution in [0.2, 0.25) is 0 Å². The van der Waals surface area contributed by atoms with E-state index in [0.717, 1.165) is 38.0 Å². The van der Waals surface area contributed by atoms with Gasteiger partial charge < -0.3 is 10.6 Å². The molecule has 0 atom stereocenters. The van der Waals surface area contributed by atoms with Crippen LogP contribution in [0.15, 0.2) is 30.6 Å². The number of pyridine rings is 1. The van der Waals surface area contributed by atoms with Gasteiger partial charge >= 0.3 is 0 Å². The average Bonchev–Trinajstić information content (AvgIpc) is 2.90. The largest absolute Gasteiger partial charge is 0.351 e. The molecule has 1 aliphatic heterocycles. The van der Waals surface area contributed by atoms with Crippen molar-refractivity contribution in [3.05, 3.63) is 36.2 Å².